The normalized spacial score (nSPS) is 18.9. The molecule has 5 heteroatoms. The summed E-state index contributed by atoms with van der Waals surface area (Å²) in [7, 11) is 1.98. The monoisotopic (exact) mass is 315 g/mol. The standard InChI is InChI=1S/C13H22BrN3O/c1-4-6-13(18)8-17(9-13)7-11-12(14)10(5-2)15-16(11)3/h18H,4-9H2,1-3H3. The third kappa shape index (κ3) is 2.63. The van der Waals surface area contributed by atoms with E-state index < -0.39 is 5.60 Å². The molecule has 0 saturated carbocycles. The van der Waals surface area contributed by atoms with Crippen molar-refractivity contribution in [2.24, 2.45) is 7.05 Å². The molecule has 2 heterocycles. The lowest BCUT2D eigenvalue weighted by Gasteiger charge is -2.46. The second-order valence-electron chi connectivity index (χ2n) is 5.30. The number of hydrogen-bond acceptors (Lipinski definition) is 3. The maximum absolute atomic E-state index is 10.2. The summed E-state index contributed by atoms with van der Waals surface area (Å²) in [6, 6.07) is 0. The van der Waals surface area contributed by atoms with Crippen LogP contribution in [0.3, 0.4) is 0 Å². The molecule has 0 radical (unpaired) electrons. The Bertz CT molecular complexity index is 424. The fourth-order valence-electron chi connectivity index (χ4n) is 2.72. The average molecular weight is 316 g/mol. The Balaban J connectivity index is 1.98. The highest BCUT2D eigenvalue weighted by Crippen LogP contribution is 2.30. The molecular formula is C13H22BrN3O. The first-order valence-corrected chi connectivity index (χ1v) is 7.43. The van der Waals surface area contributed by atoms with Crippen molar-refractivity contribution < 1.29 is 5.11 Å². The van der Waals surface area contributed by atoms with E-state index in [1.165, 1.54) is 5.69 Å². The van der Waals surface area contributed by atoms with Crippen LogP contribution >= 0.6 is 15.9 Å². The molecule has 1 aromatic rings. The number of likely N-dealkylation sites (tertiary alicyclic amines) is 1. The number of aromatic nitrogens is 2. The number of halogens is 1. The summed E-state index contributed by atoms with van der Waals surface area (Å²) in [6.45, 7) is 6.64. The van der Waals surface area contributed by atoms with Crippen LogP contribution in [0.1, 0.15) is 38.1 Å². The van der Waals surface area contributed by atoms with Gasteiger partial charge < -0.3 is 5.11 Å². The Morgan fingerprint density at radius 3 is 2.56 bits per heavy atom. The van der Waals surface area contributed by atoms with Crippen molar-refractivity contribution in [3.63, 3.8) is 0 Å². The number of hydrogen-bond donors (Lipinski definition) is 1. The molecule has 0 aromatic carbocycles. The van der Waals surface area contributed by atoms with Gasteiger partial charge in [-0.25, -0.2) is 0 Å². The van der Waals surface area contributed by atoms with Crippen LogP contribution in [-0.4, -0.2) is 38.5 Å². The van der Waals surface area contributed by atoms with E-state index in [4.69, 9.17) is 0 Å². The van der Waals surface area contributed by atoms with E-state index >= 15 is 0 Å². The van der Waals surface area contributed by atoms with Gasteiger partial charge in [-0.2, -0.15) is 5.10 Å². The molecule has 1 saturated heterocycles. The fourth-order valence-corrected chi connectivity index (χ4v) is 3.47. The van der Waals surface area contributed by atoms with Gasteiger partial charge in [0.05, 0.1) is 21.5 Å². The second kappa shape index (κ2) is 5.31. The molecule has 4 nitrogen and oxygen atoms in total. The molecule has 2 rings (SSSR count). The summed E-state index contributed by atoms with van der Waals surface area (Å²) in [5, 5.41) is 14.7. The predicted molar refractivity (Wildman–Crippen MR) is 75.4 cm³/mol. The van der Waals surface area contributed by atoms with Crippen LogP contribution in [0.2, 0.25) is 0 Å². The molecular weight excluding hydrogens is 294 g/mol. The number of aliphatic hydroxyl groups is 1. The third-order valence-electron chi connectivity index (χ3n) is 3.63. The zero-order valence-corrected chi connectivity index (χ0v) is 13.0. The lowest BCUT2D eigenvalue weighted by molar-refractivity contribution is -0.107. The highest BCUT2D eigenvalue weighted by Gasteiger charge is 2.40. The molecule has 1 aliphatic heterocycles. The zero-order valence-electron chi connectivity index (χ0n) is 11.4. The van der Waals surface area contributed by atoms with E-state index in [0.717, 1.165) is 49.1 Å². The van der Waals surface area contributed by atoms with Crippen LogP contribution in [-0.2, 0) is 20.0 Å². The number of nitrogens with zero attached hydrogens (tertiary/aromatic N) is 3. The summed E-state index contributed by atoms with van der Waals surface area (Å²) in [5.74, 6) is 0. The average Bonchev–Trinajstić information content (AvgIpc) is 2.54. The van der Waals surface area contributed by atoms with Gasteiger partial charge in [-0.05, 0) is 28.8 Å². The van der Waals surface area contributed by atoms with E-state index in [2.05, 4.69) is 39.8 Å². The van der Waals surface area contributed by atoms with E-state index in [1.54, 1.807) is 0 Å². The Labute approximate surface area is 117 Å². The van der Waals surface area contributed by atoms with Crippen molar-refractivity contribution in [3.05, 3.63) is 15.9 Å². The molecule has 1 aliphatic rings. The first-order valence-electron chi connectivity index (χ1n) is 6.64. The number of rotatable bonds is 5. The van der Waals surface area contributed by atoms with Crippen LogP contribution in [0.25, 0.3) is 0 Å². The molecule has 1 N–H and O–H groups in total. The Morgan fingerprint density at radius 1 is 1.39 bits per heavy atom. The first kappa shape index (κ1) is 14.0. The minimum atomic E-state index is -0.451. The highest BCUT2D eigenvalue weighted by molar-refractivity contribution is 9.10. The minimum Gasteiger partial charge on any atom is -0.387 e. The molecule has 18 heavy (non-hydrogen) atoms. The Kier molecular flexibility index (Phi) is 4.14. The SMILES string of the molecule is CCCC1(O)CN(Cc2c(Br)c(CC)nn2C)C1. The van der Waals surface area contributed by atoms with Gasteiger partial charge in [0.15, 0.2) is 0 Å². The Morgan fingerprint density at radius 2 is 2.06 bits per heavy atom. The van der Waals surface area contributed by atoms with Crippen molar-refractivity contribution in [2.75, 3.05) is 13.1 Å². The molecule has 0 aliphatic carbocycles. The van der Waals surface area contributed by atoms with E-state index in [-0.39, 0.29) is 0 Å². The van der Waals surface area contributed by atoms with Crippen molar-refractivity contribution in [1.29, 1.82) is 0 Å². The predicted octanol–water partition coefficient (Wildman–Crippen LogP) is 2.09. The van der Waals surface area contributed by atoms with E-state index in [0.29, 0.717) is 0 Å². The maximum Gasteiger partial charge on any atom is 0.0900 e. The molecule has 102 valence electrons. The summed E-state index contributed by atoms with van der Waals surface area (Å²) in [4.78, 5) is 2.27. The largest absolute Gasteiger partial charge is 0.387 e. The third-order valence-corrected chi connectivity index (χ3v) is 4.54. The molecule has 1 fully saturated rings. The van der Waals surface area contributed by atoms with Crippen LogP contribution in [0, 0.1) is 0 Å². The second-order valence-corrected chi connectivity index (χ2v) is 6.10. The van der Waals surface area contributed by atoms with Crippen molar-refractivity contribution in [3.8, 4) is 0 Å². The van der Waals surface area contributed by atoms with Crippen molar-refractivity contribution in [1.82, 2.24) is 14.7 Å². The van der Waals surface area contributed by atoms with Gasteiger partial charge in [-0.15, -0.1) is 0 Å². The van der Waals surface area contributed by atoms with Crippen LogP contribution in [0.15, 0.2) is 4.47 Å². The number of aryl methyl sites for hydroxylation is 2. The zero-order chi connectivity index (χ0) is 13.3. The lowest BCUT2D eigenvalue weighted by atomic mass is 9.89. The topological polar surface area (TPSA) is 41.3 Å². The first-order chi connectivity index (χ1) is 8.49. The van der Waals surface area contributed by atoms with Crippen LogP contribution < -0.4 is 0 Å². The van der Waals surface area contributed by atoms with Gasteiger partial charge in [0, 0.05) is 26.7 Å². The van der Waals surface area contributed by atoms with Gasteiger partial charge >= 0.3 is 0 Å². The smallest absolute Gasteiger partial charge is 0.0900 e. The molecule has 0 atom stereocenters. The highest BCUT2D eigenvalue weighted by atomic mass is 79.9. The van der Waals surface area contributed by atoms with Crippen molar-refractivity contribution >= 4 is 15.9 Å². The van der Waals surface area contributed by atoms with Gasteiger partial charge in [0.1, 0.15) is 0 Å². The van der Waals surface area contributed by atoms with E-state index in [9.17, 15) is 5.11 Å². The maximum atomic E-state index is 10.2. The van der Waals surface area contributed by atoms with Gasteiger partial charge in [-0.3, -0.25) is 9.58 Å². The van der Waals surface area contributed by atoms with E-state index in [1.807, 2.05) is 11.7 Å². The molecule has 0 spiro atoms. The molecule has 0 bridgehead atoms. The molecule has 1 aromatic heterocycles. The summed E-state index contributed by atoms with van der Waals surface area (Å²) in [5.41, 5.74) is 1.86. The van der Waals surface area contributed by atoms with Gasteiger partial charge in [-0.1, -0.05) is 20.3 Å². The lowest BCUT2D eigenvalue weighted by Crippen LogP contribution is -2.61. The summed E-state index contributed by atoms with van der Waals surface area (Å²) < 4.78 is 3.07. The quantitative estimate of drug-likeness (QED) is 0.904. The summed E-state index contributed by atoms with van der Waals surface area (Å²) in [6.07, 6.45) is 2.88. The Hall–Kier alpha value is -0.390. The minimum absolute atomic E-state index is 0.451. The summed E-state index contributed by atoms with van der Waals surface area (Å²) >= 11 is 3.63. The van der Waals surface area contributed by atoms with Crippen molar-refractivity contribution in [2.45, 2.75) is 45.3 Å². The number of β-amino-alcohol motifs (C(OH)–C–C–N with tert-alkyl or cyclic N) is 1. The van der Waals surface area contributed by atoms with Gasteiger partial charge in [0.25, 0.3) is 0 Å². The van der Waals surface area contributed by atoms with Gasteiger partial charge in [0.2, 0.25) is 0 Å². The van der Waals surface area contributed by atoms with Crippen LogP contribution in [0.5, 0.6) is 0 Å². The molecule has 0 amide bonds. The fraction of sp³-hybridized carbons (Fsp3) is 0.769. The van der Waals surface area contributed by atoms with Crippen LogP contribution in [0.4, 0.5) is 0 Å². The molecule has 0 unspecified atom stereocenters.